The zero-order chi connectivity index (χ0) is 15.4. The van der Waals surface area contributed by atoms with Gasteiger partial charge in [0.05, 0.1) is 10.6 Å². The summed E-state index contributed by atoms with van der Waals surface area (Å²) in [5.41, 5.74) is 1.21. The van der Waals surface area contributed by atoms with Gasteiger partial charge in [0.2, 0.25) is 0 Å². The third-order valence-electron chi connectivity index (χ3n) is 2.66. The van der Waals surface area contributed by atoms with Crippen molar-refractivity contribution in [3.05, 3.63) is 45.0 Å². The molecular formula is C13H14N4O3S. The van der Waals surface area contributed by atoms with Crippen molar-refractivity contribution in [3.63, 3.8) is 0 Å². The van der Waals surface area contributed by atoms with Crippen LogP contribution in [-0.4, -0.2) is 22.4 Å². The Morgan fingerprint density at radius 2 is 2.24 bits per heavy atom. The summed E-state index contributed by atoms with van der Waals surface area (Å²) in [5.74, 6) is -0.546. The van der Waals surface area contributed by atoms with Crippen LogP contribution >= 0.6 is 11.3 Å². The van der Waals surface area contributed by atoms with Gasteiger partial charge in [-0.25, -0.2) is 4.98 Å². The maximum atomic E-state index is 12.2. The number of rotatable bonds is 5. The van der Waals surface area contributed by atoms with E-state index in [0.717, 1.165) is 5.69 Å². The van der Waals surface area contributed by atoms with E-state index in [1.165, 1.54) is 23.5 Å². The van der Waals surface area contributed by atoms with Crippen LogP contribution in [0.25, 0.3) is 0 Å². The quantitative estimate of drug-likeness (QED) is 0.653. The molecule has 0 bridgehead atoms. The first kappa shape index (κ1) is 14.9. The average molecular weight is 306 g/mol. The Kier molecular flexibility index (Phi) is 4.49. The molecule has 0 fully saturated rings. The number of nitro benzene ring substituents is 1. The molecule has 1 aromatic heterocycles. The van der Waals surface area contributed by atoms with E-state index in [4.69, 9.17) is 0 Å². The van der Waals surface area contributed by atoms with Gasteiger partial charge in [0.1, 0.15) is 5.56 Å². The number of thiazole rings is 1. The number of anilines is 2. The predicted molar refractivity (Wildman–Crippen MR) is 82.1 cm³/mol. The molecule has 0 spiro atoms. The van der Waals surface area contributed by atoms with Gasteiger partial charge in [0.15, 0.2) is 5.13 Å². The van der Waals surface area contributed by atoms with Crippen molar-refractivity contribution in [2.24, 2.45) is 0 Å². The van der Waals surface area contributed by atoms with E-state index in [9.17, 15) is 14.9 Å². The number of hydrogen-bond acceptors (Lipinski definition) is 6. The lowest BCUT2D eigenvalue weighted by Gasteiger charge is -2.07. The lowest BCUT2D eigenvalue weighted by molar-refractivity contribution is -0.385. The van der Waals surface area contributed by atoms with E-state index >= 15 is 0 Å². The fourth-order valence-corrected chi connectivity index (χ4v) is 2.45. The number of amides is 1. The van der Waals surface area contributed by atoms with Gasteiger partial charge >= 0.3 is 0 Å². The Balaban J connectivity index is 2.32. The number of aromatic nitrogens is 1. The maximum absolute atomic E-state index is 12.2. The molecule has 0 unspecified atom stereocenters. The molecule has 0 aliphatic carbocycles. The summed E-state index contributed by atoms with van der Waals surface area (Å²) in [6, 6.07) is 4.36. The number of nitrogens with zero attached hydrogens (tertiary/aromatic N) is 2. The van der Waals surface area contributed by atoms with Gasteiger partial charge in [0.25, 0.3) is 11.6 Å². The normalized spacial score (nSPS) is 10.2. The highest BCUT2D eigenvalue weighted by molar-refractivity contribution is 7.13. The van der Waals surface area contributed by atoms with Gasteiger partial charge in [-0.2, -0.15) is 0 Å². The van der Waals surface area contributed by atoms with Gasteiger partial charge in [-0.15, -0.1) is 11.3 Å². The van der Waals surface area contributed by atoms with Crippen LogP contribution < -0.4 is 10.6 Å². The summed E-state index contributed by atoms with van der Waals surface area (Å²) in [5, 5.41) is 18.9. The second-order valence-electron chi connectivity index (χ2n) is 4.27. The topological polar surface area (TPSA) is 97.2 Å². The summed E-state index contributed by atoms with van der Waals surface area (Å²) in [6.07, 6.45) is 0. The Morgan fingerprint density at radius 3 is 2.81 bits per heavy atom. The molecule has 7 nitrogen and oxygen atoms in total. The Hall–Kier alpha value is -2.48. The number of nitrogens with one attached hydrogen (secondary N) is 2. The third kappa shape index (κ3) is 3.54. The van der Waals surface area contributed by atoms with Crippen molar-refractivity contribution in [1.29, 1.82) is 0 Å². The number of aryl methyl sites for hydroxylation is 1. The van der Waals surface area contributed by atoms with Crippen LogP contribution in [0.1, 0.15) is 23.0 Å². The second-order valence-corrected chi connectivity index (χ2v) is 5.13. The number of nitro groups is 1. The summed E-state index contributed by atoms with van der Waals surface area (Å²) in [4.78, 5) is 26.8. The first-order chi connectivity index (χ1) is 10.0. The predicted octanol–water partition coefficient (Wildman–Crippen LogP) is 3.04. The molecule has 2 rings (SSSR count). The minimum Gasteiger partial charge on any atom is -0.385 e. The number of benzene rings is 1. The molecule has 21 heavy (non-hydrogen) atoms. The van der Waals surface area contributed by atoms with Crippen LogP contribution in [0.3, 0.4) is 0 Å². The van der Waals surface area contributed by atoms with E-state index in [0.29, 0.717) is 17.4 Å². The maximum Gasteiger partial charge on any atom is 0.282 e. The third-order valence-corrected chi connectivity index (χ3v) is 3.53. The first-order valence-electron chi connectivity index (χ1n) is 6.27. The highest BCUT2D eigenvalue weighted by Gasteiger charge is 2.21. The van der Waals surface area contributed by atoms with Gasteiger partial charge in [-0.05, 0) is 26.0 Å². The Morgan fingerprint density at radius 1 is 1.48 bits per heavy atom. The molecule has 2 N–H and O–H groups in total. The molecule has 1 amide bonds. The lowest BCUT2D eigenvalue weighted by Crippen LogP contribution is -2.14. The molecule has 0 saturated heterocycles. The van der Waals surface area contributed by atoms with Crippen molar-refractivity contribution in [2.75, 3.05) is 17.2 Å². The Labute approximate surface area is 125 Å². The van der Waals surface area contributed by atoms with Gasteiger partial charge in [-0.1, -0.05) is 0 Å². The van der Waals surface area contributed by atoms with Crippen LogP contribution in [-0.2, 0) is 0 Å². The van der Waals surface area contributed by atoms with Crippen molar-refractivity contribution >= 4 is 33.8 Å². The SMILES string of the molecule is CCNc1ccc([N+](=O)[O-])c(C(=O)Nc2nc(C)cs2)c1. The first-order valence-corrected chi connectivity index (χ1v) is 7.15. The van der Waals surface area contributed by atoms with Crippen LogP contribution in [0.5, 0.6) is 0 Å². The molecule has 110 valence electrons. The monoisotopic (exact) mass is 306 g/mol. The van der Waals surface area contributed by atoms with Crippen LogP contribution in [0.15, 0.2) is 23.6 Å². The minimum atomic E-state index is -0.572. The highest BCUT2D eigenvalue weighted by atomic mass is 32.1. The number of carbonyl (C=O) groups is 1. The second kappa shape index (κ2) is 6.31. The van der Waals surface area contributed by atoms with Gasteiger partial charge in [0, 0.05) is 23.7 Å². The molecule has 0 radical (unpaired) electrons. The van der Waals surface area contributed by atoms with E-state index < -0.39 is 10.8 Å². The standard InChI is InChI=1S/C13H14N4O3S/c1-3-14-9-4-5-11(17(19)20)10(6-9)12(18)16-13-15-8(2)7-21-13/h4-7,14H,3H2,1-2H3,(H,15,16,18). The van der Waals surface area contributed by atoms with E-state index in [1.54, 1.807) is 18.4 Å². The Bertz CT molecular complexity index is 684. The van der Waals surface area contributed by atoms with E-state index in [2.05, 4.69) is 15.6 Å². The molecule has 0 aliphatic heterocycles. The molecule has 0 saturated carbocycles. The zero-order valence-electron chi connectivity index (χ0n) is 11.5. The largest absolute Gasteiger partial charge is 0.385 e. The van der Waals surface area contributed by atoms with Gasteiger partial charge in [-0.3, -0.25) is 20.2 Å². The molecule has 0 atom stereocenters. The number of carbonyl (C=O) groups excluding carboxylic acids is 1. The zero-order valence-corrected chi connectivity index (χ0v) is 12.4. The summed E-state index contributed by atoms with van der Waals surface area (Å²) < 4.78 is 0. The van der Waals surface area contributed by atoms with Crippen molar-refractivity contribution in [1.82, 2.24) is 4.98 Å². The van der Waals surface area contributed by atoms with Crippen LogP contribution in [0.2, 0.25) is 0 Å². The molecule has 8 heteroatoms. The summed E-state index contributed by atoms with van der Waals surface area (Å²) in [7, 11) is 0. The molecule has 0 aliphatic rings. The van der Waals surface area contributed by atoms with Crippen LogP contribution in [0.4, 0.5) is 16.5 Å². The lowest BCUT2D eigenvalue weighted by atomic mass is 10.1. The van der Waals surface area contributed by atoms with E-state index in [1.807, 2.05) is 6.92 Å². The molecular weight excluding hydrogens is 292 g/mol. The molecule has 1 heterocycles. The minimum absolute atomic E-state index is 0.00584. The number of hydrogen-bond donors (Lipinski definition) is 2. The highest BCUT2D eigenvalue weighted by Crippen LogP contribution is 2.24. The fourth-order valence-electron chi connectivity index (χ4n) is 1.77. The molecule has 2 aromatic rings. The van der Waals surface area contributed by atoms with Crippen molar-refractivity contribution < 1.29 is 9.72 Å². The smallest absolute Gasteiger partial charge is 0.282 e. The van der Waals surface area contributed by atoms with Crippen LogP contribution in [0, 0.1) is 17.0 Å². The van der Waals surface area contributed by atoms with Crippen molar-refractivity contribution in [2.45, 2.75) is 13.8 Å². The fraction of sp³-hybridized carbons (Fsp3) is 0.231. The van der Waals surface area contributed by atoms with Crippen molar-refractivity contribution in [3.8, 4) is 0 Å². The van der Waals surface area contributed by atoms with E-state index in [-0.39, 0.29) is 11.3 Å². The average Bonchev–Trinajstić information content (AvgIpc) is 2.84. The summed E-state index contributed by atoms with van der Waals surface area (Å²) in [6.45, 7) is 4.37. The summed E-state index contributed by atoms with van der Waals surface area (Å²) >= 11 is 1.27. The molecule has 1 aromatic carbocycles. The van der Waals surface area contributed by atoms with Gasteiger partial charge < -0.3 is 5.32 Å².